The Balaban J connectivity index is 2.08. The molecule has 0 heterocycles. The molecule has 0 aliphatic rings. The standard InChI is InChI=1S/C17H15F3N2O2S/c1-11(23)21-13-8-6-12(7-9-13)16(24)22-14-4-2-3-5-15(14)25-10-17(18,19)20/h2-9H,10H2,1H3,(H,21,23)(H,22,24). The third-order valence-electron chi connectivity index (χ3n) is 2.99. The van der Waals surface area contributed by atoms with Gasteiger partial charge in [-0.3, -0.25) is 9.59 Å². The first-order chi connectivity index (χ1) is 11.7. The van der Waals surface area contributed by atoms with Gasteiger partial charge in [0, 0.05) is 23.1 Å². The van der Waals surface area contributed by atoms with Crippen LogP contribution >= 0.6 is 11.8 Å². The molecule has 0 fully saturated rings. The number of thioether (sulfide) groups is 1. The van der Waals surface area contributed by atoms with Gasteiger partial charge in [0.1, 0.15) is 0 Å². The molecule has 2 aromatic rings. The number of benzene rings is 2. The summed E-state index contributed by atoms with van der Waals surface area (Å²) in [5, 5.41) is 5.19. The average molecular weight is 368 g/mol. The maximum atomic E-state index is 12.4. The van der Waals surface area contributed by atoms with Crippen molar-refractivity contribution in [1.82, 2.24) is 0 Å². The topological polar surface area (TPSA) is 58.2 Å². The zero-order valence-electron chi connectivity index (χ0n) is 13.2. The molecule has 0 saturated heterocycles. The van der Waals surface area contributed by atoms with Gasteiger partial charge in [0.15, 0.2) is 0 Å². The van der Waals surface area contributed by atoms with Crippen LogP contribution in [0.2, 0.25) is 0 Å². The lowest BCUT2D eigenvalue weighted by Gasteiger charge is -2.12. The second-order valence-electron chi connectivity index (χ2n) is 5.11. The van der Waals surface area contributed by atoms with E-state index in [1.54, 1.807) is 30.3 Å². The monoisotopic (exact) mass is 368 g/mol. The highest BCUT2D eigenvalue weighted by molar-refractivity contribution is 7.99. The van der Waals surface area contributed by atoms with Crippen LogP contribution in [-0.2, 0) is 4.79 Å². The number of carbonyl (C=O) groups is 2. The quantitative estimate of drug-likeness (QED) is 0.761. The minimum absolute atomic E-state index is 0.229. The fraction of sp³-hybridized carbons (Fsp3) is 0.176. The number of anilines is 2. The van der Waals surface area contributed by atoms with E-state index in [-0.39, 0.29) is 5.91 Å². The molecule has 0 spiro atoms. The summed E-state index contributed by atoms with van der Waals surface area (Å²) in [6, 6.07) is 12.5. The number of para-hydroxylation sites is 1. The first-order valence-corrected chi connectivity index (χ1v) is 8.21. The van der Waals surface area contributed by atoms with E-state index in [2.05, 4.69) is 10.6 Å². The zero-order chi connectivity index (χ0) is 18.4. The molecule has 2 N–H and O–H groups in total. The van der Waals surface area contributed by atoms with Gasteiger partial charge in [-0.05, 0) is 36.4 Å². The lowest BCUT2D eigenvalue weighted by molar-refractivity contribution is -0.114. The van der Waals surface area contributed by atoms with Crippen molar-refractivity contribution >= 4 is 35.0 Å². The van der Waals surface area contributed by atoms with Gasteiger partial charge in [0.2, 0.25) is 5.91 Å². The summed E-state index contributed by atoms with van der Waals surface area (Å²) < 4.78 is 37.2. The van der Waals surface area contributed by atoms with E-state index in [9.17, 15) is 22.8 Å². The summed E-state index contributed by atoms with van der Waals surface area (Å²) in [5.74, 6) is -1.71. The maximum Gasteiger partial charge on any atom is 0.398 e. The molecule has 132 valence electrons. The van der Waals surface area contributed by atoms with Gasteiger partial charge >= 0.3 is 6.18 Å². The van der Waals surface area contributed by atoms with Crippen molar-refractivity contribution in [1.29, 1.82) is 0 Å². The second kappa shape index (κ2) is 8.06. The van der Waals surface area contributed by atoms with E-state index in [4.69, 9.17) is 0 Å². The Labute approximate surface area is 146 Å². The van der Waals surface area contributed by atoms with Crippen molar-refractivity contribution in [2.75, 3.05) is 16.4 Å². The molecular weight excluding hydrogens is 353 g/mol. The highest BCUT2D eigenvalue weighted by Gasteiger charge is 2.27. The van der Waals surface area contributed by atoms with E-state index in [1.807, 2.05) is 0 Å². The molecule has 0 atom stereocenters. The summed E-state index contributed by atoms with van der Waals surface area (Å²) in [6.07, 6.45) is -4.29. The number of halogens is 3. The zero-order valence-corrected chi connectivity index (χ0v) is 14.0. The van der Waals surface area contributed by atoms with Crippen LogP contribution in [0.3, 0.4) is 0 Å². The number of carbonyl (C=O) groups excluding carboxylic acids is 2. The minimum atomic E-state index is -4.29. The van der Waals surface area contributed by atoms with Crippen LogP contribution in [0.1, 0.15) is 17.3 Å². The highest BCUT2D eigenvalue weighted by Crippen LogP contribution is 2.32. The molecule has 2 rings (SSSR count). The summed E-state index contributed by atoms with van der Waals surface area (Å²) in [4.78, 5) is 23.6. The van der Waals surface area contributed by atoms with Gasteiger partial charge in [0.25, 0.3) is 5.91 Å². The van der Waals surface area contributed by atoms with Gasteiger partial charge in [-0.1, -0.05) is 12.1 Å². The number of hydrogen-bond acceptors (Lipinski definition) is 3. The fourth-order valence-electron chi connectivity index (χ4n) is 1.96. The molecular formula is C17H15F3N2O2S. The van der Waals surface area contributed by atoms with Crippen molar-refractivity contribution in [2.45, 2.75) is 18.0 Å². The molecule has 0 unspecified atom stereocenters. The predicted molar refractivity (Wildman–Crippen MR) is 91.9 cm³/mol. The highest BCUT2D eigenvalue weighted by atomic mass is 32.2. The lowest BCUT2D eigenvalue weighted by atomic mass is 10.2. The van der Waals surface area contributed by atoms with Crippen LogP contribution in [0.25, 0.3) is 0 Å². The molecule has 0 radical (unpaired) electrons. The Morgan fingerprint density at radius 2 is 1.64 bits per heavy atom. The van der Waals surface area contributed by atoms with Crippen LogP contribution in [0.15, 0.2) is 53.4 Å². The molecule has 8 heteroatoms. The van der Waals surface area contributed by atoms with Crippen LogP contribution in [0.5, 0.6) is 0 Å². The van der Waals surface area contributed by atoms with Crippen LogP contribution in [-0.4, -0.2) is 23.7 Å². The number of nitrogens with one attached hydrogen (secondary N) is 2. The SMILES string of the molecule is CC(=O)Nc1ccc(C(=O)Nc2ccccc2SCC(F)(F)F)cc1. The third kappa shape index (κ3) is 6.15. The maximum absolute atomic E-state index is 12.4. The Kier molecular flexibility index (Phi) is 6.08. The van der Waals surface area contributed by atoms with Gasteiger partial charge in [0.05, 0.1) is 11.4 Å². The molecule has 4 nitrogen and oxygen atoms in total. The Morgan fingerprint density at radius 1 is 1.00 bits per heavy atom. The molecule has 25 heavy (non-hydrogen) atoms. The minimum Gasteiger partial charge on any atom is -0.326 e. The van der Waals surface area contributed by atoms with E-state index < -0.39 is 17.8 Å². The van der Waals surface area contributed by atoms with Gasteiger partial charge in [-0.15, -0.1) is 11.8 Å². The van der Waals surface area contributed by atoms with E-state index in [0.29, 0.717) is 33.6 Å². The van der Waals surface area contributed by atoms with Crippen molar-refractivity contribution in [3.8, 4) is 0 Å². The van der Waals surface area contributed by atoms with Crippen molar-refractivity contribution < 1.29 is 22.8 Å². The van der Waals surface area contributed by atoms with Gasteiger partial charge in [-0.2, -0.15) is 13.2 Å². The predicted octanol–water partition coefficient (Wildman–Crippen LogP) is 4.55. The normalized spacial score (nSPS) is 11.0. The summed E-state index contributed by atoms with van der Waals surface area (Å²) in [6.45, 7) is 1.37. The molecule has 2 aromatic carbocycles. The summed E-state index contributed by atoms with van der Waals surface area (Å²) in [5.41, 5.74) is 1.18. The van der Waals surface area contributed by atoms with Crippen molar-refractivity contribution in [2.24, 2.45) is 0 Å². The van der Waals surface area contributed by atoms with Crippen LogP contribution in [0, 0.1) is 0 Å². The molecule has 0 aliphatic heterocycles. The van der Waals surface area contributed by atoms with E-state index in [0.717, 1.165) is 0 Å². The van der Waals surface area contributed by atoms with Crippen molar-refractivity contribution in [3.63, 3.8) is 0 Å². The number of alkyl halides is 3. The third-order valence-corrected chi connectivity index (χ3v) is 4.13. The van der Waals surface area contributed by atoms with Crippen LogP contribution < -0.4 is 10.6 Å². The Bertz CT molecular complexity index is 761. The van der Waals surface area contributed by atoms with Crippen LogP contribution in [0.4, 0.5) is 24.5 Å². The molecule has 0 aliphatic carbocycles. The number of amides is 2. The molecule has 0 bridgehead atoms. The number of rotatable bonds is 5. The second-order valence-corrected chi connectivity index (χ2v) is 6.13. The van der Waals surface area contributed by atoms with E-state index in [1.165, 1.54) is 25.1 Å². The molecule has 0 saturated carbocycles. The average Bonchev–Trinajstić information content (AvgIpc) is 2.53. The van der Waals surface area contributed by atoms with E-state index >= 15 is 0 Å². The van der Waals surface area contributed by atoms with Crippen molar-refractivity contribution in [3.05, 3.63) is 54.1 Å². The van der Waals surface area contributed by atoms with Gasteiger partial charge in [-0.25, -0.2) is 0 Å². The molecule has 0 aromatic heterocycles. The van der Waals surface area contributed by atoms with Gasteiger partial charge < -0.3 is 10.6 Å². The first-order valence-electron chi connectivity index (χ1n) is 7.22. The number of hydrogen-bond donors (Lipinski definition) is 2. The fourth-order valence-corrected chi connectivity index (χ4v) is 2.73. The Morgan fingerprint density at radius 3 is 2.24 bits per heavy atom. The molecule has 2 amide bonds. The summed E-state index contributed by atoms with van der Waals surface area (Å²) >= 11 is 0.613. The lowest BCUT2D eigenvalue weighted by Crippen LogP contribution is -2.14. The smallest absolute Gasteiger partial charge is 0.326 e. The first kappa shape index (κ1) is 18.9. The largest absolute Gasteiger partial charge is 0.398 e. The summed E-state index contributed by atoms with van der Waals surface area (Å²) in [7, 11) is 0. The Hall–Kier alpha value is -2.48.